The minimum Gasteiger partial charge on any atom is -0.280 e. The second-order valence-corrected chi connectivity index (χ2v) is 3.93. The maximum absolute atomic E-state index is 12.1. The first kappa shape index (κ1) is 11.2. The van der Waals surface area contributed by atoms with Gasteiger partial charge in [-0.3, -0.25) is 9.36 Å². The Bertz CT molecular complexity index is 663. The van der Waals surface area contributed by atoms with E-state index in [0.717, 1.165) is 16.9 Å². The number of nitriles is 1. The molecule has 1 aromatic carbocycles. The molecule has 0 saturated heterocycles. The smallest absolute Gasteiger partial charge is 0.273 e. The number of pyridine rings is 1. The summed E-state index contributed by atoms with van der Waals surface area (Å²) < 4.78 is 1.58. The Kier molecular flexibility index (Phi) is 2.80. The van der Waals surface area contributed by atoms with Gasteiger partial charge >= 0.3 is 0 Å². The van der Waals surface area contributed by atoms with E-state index in [2.05, 4.69) is 0 Å². The number of hydrogen-bond donors (Lipinski definition) is 0. The summed E-state index contributed by atoms with van der Waals surface area (Å²) in [5, 5.41) is 8.89. The Morgan fingerprint density at radius 1 is 1.12 bits per heavy atom. The Balaban J connectivity index is 2.82. The number of nitrogens with zero attached hydrogens (tertiary/aromatic N) is 2. The zero-order chi connectivity index (χ0) is 12.4. The van der Waals surface area contributed by atoms with Crippen LogP contribution in [0.4, 0.5) is 0 Å². The molecule has 1 aromatic heterocycles. The minimum absolute atomic E-state index is 0.166. The quantitative estimate of drug-likeness (QED) is 0.746. The van der Waals surface area contributed by atoms with Crippen LogP contribution in [-0.2, 0) is 0 Å². The topological polar surface area (TPSA) is 45.8 Å². The molecule has 3 heteroatoms. The second kappa shape index (κ2) is 4.26. The van der Waals surface area contributed by atoms with Gasteiger partial charge in [0, 0.05) is 5.69 Å². The summed E-state index contributed by atoms with van der Waals surface area (Å²) in [4.78, 5) is 12.1. The molecular weight excluding hydrogens is 212 g/mol. The maximum atomic E-state index is 12.1. The van der Waals surface area contributed by atoms with Crippen molar-refractivity contribution in [2.75, 3.05) is 0 Å². The number of para-hydroxylation sites is 1. The van der Waals surface area contributed by atoms with Crippen LogP contribution in [0.1, 0.15) is 16.8 Å². The van der Waals surface area contributed by atoms with E-state index in [0.29, 0.717) is 0 Å². The van der Waals surface area contributed by atoms with Crippen LogP contribution in [0.5, 0.6) is 0 Å². The van der Waals surface area contributed by atoms with Gasteiger partial charge in [0.25, 0.3) is 5.56 Å². The summed E-state index contributed by atoms with van der Waals surface area (Å²) in [5.41, 5.74) is 2.56. The molecule has 2 rings (SSSR count). The van der Waals surface area contributed by atoms with E-state index in [9.17, 15) is 4.79 Å². The van der Waals surface area contributed by atoms with Crippen LogP contribution in [-0.4, -0.2) is 4.57 Å². The highest BCUT2D eigenvalue weighted by Gasteiger charge is 2.09. The van der Waals surface area contributed by atoms with Crippen LogP contribution in [0.25, 0.3) is 5.69 Å². The van der Waals surface area contributed by atoms with Gasteiger partial charge in [-0.05, 0) is 37.6 Å². The first-order chi connectivity index (χ1) is 8.15. The van der Waals surface area contributed by atoms with Crippen LogP contribution in [0.2, 0.25) is 0 Å². The number of benzene rings is 1. The van der Waals surface area contributed by atoms with Gasteiger partial charge in [0.15, 0.2) is 0 Å². The molecule has 0 spiro atoms. The fourth-order valence-corrected chi connectivity index (χ4v) is 1.83. The lowest BCUT2D eigenvalue weighted by atomic mass is 10.1. The van der Waals surface area contributed by atoms with Gasteiger partial charge in [-0.1, -0.05) is 18.2 Å². The molecule has 3 nitrogen and oxygen atoms in total. The predicted octanol–water partition coefficient (Wildman–Crippen LogP) is 2.33. The summed E-state index contributed by atoms with van der Waals surface area (Å²) in [6.45, 7) is 3.80. The molecule has 0 fully saturated rings. The van der Waals surface area contributed by atoms with Gasteiger partial charge in [0.1, 0.15) is 11.6 Å². The van der Waals surface area contributed by atoms with Gasteiger partial charge in [0.05, 0.1) is 5.69 Å². The Morgan fingerprint density at radius 3 is 2.47 bits per heavy atom. The van der Waals surface area contributed by atoms with Crippen LogP contribution in [0, 0.1) is 25.2 Å². The van der Waals surface area contributed by atoms with Crippen molar-refractivity contribution in [3.05, 3.63) is 63.6 Å². The summed E-state index contributed by atoms with van der Waals surface area (Å²) in [6, 6.07) is 12.9. The molecule has 0 radical (unpaired) electrons. The largest absolute Gasteiger partial charge is 0.280 e. The molecule has 0 saturated carbocycles. The van der Waals surface area contributed by atoms with Crippen molar-refractivity contribution >= 4 is 0 Å². The molecule has 0 aliphatic heterocycles. The van der Waals surface area contributed by atoms with E-state index in [1.54, 1.807) is 16.7 Å². The number of aryl methyl sites for hydroxylation is 2. The second-order valence-electron chi connectivity index (χ2n) is 3.93. The molecule has 84 valence electrons. The van der Waals surface area contributed by atoms with Gasteiger partial charge < -0.3 is 0 Å². The van der Waals surface area contributed by atoms with Gasteiger partial charge in [0.2, 0.25) is 0 Å². The van der Waals surface area contributed by atoms with Crippen molar-refractivity contribution < 1.29 is 0 Å². The van der Waals surface area contributed by atoms with Crippen LogP contribution in [0.3, 0.4) is 0 Å². The molecule has 0 amide bonds. The number of hydrogen-bond acceptors (Lipinski definition) is 2. The fraction of sp³-hybridized carbons (Fsp3) is 0.143. The van der Waals surface area contributed by atoms with E-state index in [1.165, 1.54) is 0 Å². The van der Waals surface area contributed by atoms with E-state index in [1.807, 2.05) is 44.2 Å². The summed E-state index contributed by atoms with van der Waals surface area (Å²) in [7, 11) is 0. The highest BCUT2D eigenvalue weighted by molar-refractivity contribution is 5.43. The average Bonchev–Trinajstić information content (AvgIpc) is 2.32. The monoisotopic (exact) mass is 224 g/mol. The standard InChI is InChI=1S/C14H12N2O/c1-10-5-3-4-6-13(10)16-11(2)7-8-12(9-15)14(16)17/h3-8H,1-2H3. The molecule has 0 N–H and O–H groups in total. The average molecular weight is 224 g/mol. The third-order valence-corrected chi connectivity index (χ3v) is 2.75. The highest BCUT2D eigenvalue weighted by Crippen LogP contribution is 2.13. The Hall–Kier alpha value is -2.34. The Morgan fingerprint density at radius 2 is 1.82 bits per heavy atom. The summed E-state index contributed by atoms with van der Waals surface area (Å²) in [6.07, 6.45) is 0. The fourth-order valence-electron chi connectivity index (χ4n) is 1.83. The van der Waals surface area contributed by atoms with E-state index < -0.39 is 0 Å². The van der Waals surface area contributed by atoms with Crippen molar-refractivity contribution in [2.24, 2.45) is 0 Å². The van der Waals surface area contributed by atoms with Gasteiger partial charge in [-0.25, -0.2) is 0 Å². The van der Waals surface area contributed by atoms with Crippen LogP contribution >= 0.6 is 0 Å². The van der Waals surface area contributed by atoms with Crippen molar-refractivity contribution in [3.8, 4) is 11.8 Å². The lowest BCUT2D eigenvalue weighted by Gasteiger charge is -2.12. The summed E-state index contributed by atoms with van der Waals surface area (Å²) >= 11 is 0. The SMILES string of the molecule is Cc1ccccc1-n1c(C)ccc(C#N)c1=O. The van der Waals surface area contributed by atoms with E-state index in [-0.39, 0.29) is 11.1 Å². The molecule has 0 bridgehead atoms. The van der Waals surface area contributed by atoms with Crippen molar-refractivity contribution in [1.82, 2.24) is 4.57 Å². The first-order valence-electron chi connectivity index (χ1n) is 5.34. The normalized spacial score (nSPS) is 9.94. The zero-order valence-electron chi connectivity index (χ0n) is 9.77. The molecule has 0 aliphatic rings. The molecule has 0 unspecified atom stereocenters. The maximum Gasteiger partial charge on any atom is 0.273 e. The third kappa shape index (κ3) is 1.85. The van der Waals surface area contributed by atoms with Crippen LogP contribution < -0.4 is 5.56 Å². The molecule has 2 aromatic rings. The predicted molar refractivity (Wildman–Crippen MR) is 66.2 cm³/mol. The lowest BCUT2D eigenvalue weighted by Crippen LogP contribution is -2.23. The van der Waals surface area contributed by atoms with Gasteiger partial charge in [-0.2, -0.15) is 5.26 Å². The molecular formula is C14H12N2O. The minimum atomic E-state index is -0.262. The molecule has 17 heavy (non-hydrogen) atoms. The van der Waals surface area contributed by atoms with Crippen molar-refractivity contribution in [2.45, 2.75) is 13.8 Å². The Labute approximate surface area is 99.6 Å². The first-order valence-corrected chi connectivity index (χ1v) is 5.34. The third-order valence-electron chi connectivity index (χ3n) is 2.75. The summed E-state index contributed by atoms with van der Waals surface area (Å²) in [5.74, 6) is 0. The van der Waals surface area contributed by atoms with Crippen LogP contribution in [0.15, 0.2) is 41.2 Å². The molecule has 0 aliphatic carbocycles. The molecule has 0 atom stereocenters. The lowest BCUT2D eigenvalue weighted by molar-refractivity contribution is 0.919. The van der Waals surface area contributed by atoms with Crippen molar-refractivity contribution in [1.29, 1.82) is 5.26 Å². The van der Waals surface area contributed by atoms with E-state index >= 15 is 0 Å². The highest BCUT2D eigenvalue weighted by atomic mass is 16.1. The number of aromatic nitrogens is 1. The number of rotatable bonds is 1. The van der Waals surface area contributed by atoms with E-state index in [4.69, 9.17) is 5.26 Å². The van der Waals surface area contributed by atoms with Crippen molar-refractivity contribution in [3.63, 3.8) is 0 Å². The zero-order valence-corrected chi connectivity index (χ0v) is 9.77. The van der Waals surface area contributed by atoms with Gasteiger partial charge in [-0.15, -0.1) is 0 Å². The molecule has 1 heterocycles.